The molecule has 1 N–H and O–H groups in total. The number of nitrogens with one attached hydrogen (secondary N) is 1. The van der Waals surface area contributed by atoms with Gasteiger partial charge in [0.25, 0.3) is 0 Å². The number of rotatable bonds is 2. The highest BCUT2D eigenvalue weighted by atomic mass is 79.9. The molecule has 1 aliphatic rings. The van der Waals surface area contributed by atoms with Gasteiger partial charge in [0.2, 0.25) is 0 Å². The number of hydrogen-bond donors (Lipinski definition) is 1. The van der Waals surface area contributed by atoms with Gasteiger partial charge in [0.1, 0.15) is 0 Å². The molecule has 2 aromatic rings. The van der Waals surface area contributed by atoms with Crippen molar-refractivity contribution in [3.63, 3.8) is 0 Å². The molecule has 4 heteroatoms. The lowest BCUT2D eigenvalue weighted by Crippen LogP contribution is -2.30. The maximum absolute atomic E-state index is 5.43. The fourth-order valence-corrected chi connectivity index (χ4v) is 3.25. The molecule has 1 fully saturated rings. The summed E-state index contributed by atoms with van der Waals surface area (Å²) in [6.45, 7) is 3.39. The van der Waals surface area contributed by atoms with E-state index in [0.29, 0.717) is 5.41 Å². The van der Waals surface area contributed by atoms with Gasteiger partial charge in [0, 0.05) is 11.0 Å². The molecule has 0 spiro atoms. The minimum atomic E-state index is 0.445. The van der Waals surface area contributed by atoms with E-state index in [-0.39, 0.29) is 0 Å². The van der Waals surface area contributed by atoms with Gasteiger partial charge in [-0.2, -0.15) is 0 Å². The highest BCUT2D eigenvalue weighted by Crippen LogP contribution is 2.42. The summed E-state index contributed by atoms with van der Waals surface area (Å²) in [6, 6.07) is 6.29. The molecule has 1 saturated carbocycles. The van der Waals surface area contributed by atoms with E-state index in [9.17, 15) is 0 Å². The highest BCUT2D eigenvalue weighted by Gasteiger charge is 2.32. The lowest BCUT2D eigenvalue weighted by molar-refractivity contribution is 0.133. The first-order valence-corrected chi connectivity index (χ1v) is 7.16. The molecule has 17 heavy (non-hydrogen) atoms. The topological polar surface area (TPSA) is 20.7 Å². The summed E-state index contributed by atoms with van der Waals surface area (Å²) in [5.41, 5.74) is 2.78. The maximum Gasteiger partial charge on any atom is 0.178 e. The monoisotopic (exact) mass is 310 g/mol. The van der Waals surface area contributed by atoms with Crippen molar-refractivity contribution in [3.05, 3.63) is 27.4 Å². The van der Waals surface area contributed by atoms with Crippen LogP contribution in [0.25, 0.3) is 11.0 Å². The maximum atomic E-state index is 5.43. The average Bonchev–Trinajstić information content (AvgIpc) is 2.52. The number of aromatic nitrogens is 2. The predicted molar refractivity (Wildman–Crippen MR) is 76.8 cm³/mol. The molecule has 0 aliphatic heterocycles. The Balaban J connectivity index is 2.09. The standard InChI is InChI=1S/C13H15BrN2S/c1-13(5-2-6-13)8-16-11-4-3-9(14)7-10(11)15-12(16)17/h3-4,7H,2,5-6,8H2,1H3,(H,15,17). The Bertz CT molecular complexity index is 622. The summed E-state index contributed by atoms with van der Waals surface area (Å²) in [5, 5.41) is 0. The average molecular weight is 311 g/mol. The van der Waals surface area contributed by atoms with E-state index >= 15 is 0 Å². The zero-order valence-corrected chi connectivity index (χ0v) is 12.2. The molecule has 0 saturated heterocycles. The van der Waals surface area contributed by atoms with Crippen LogP contribution in [0.3, 0.4) is 0 Å². The molecule has 0 amide bonds. The lowest BCUT2D eigenvalue weighted by Gasteiger charge is -2.38. The van der Waals surface area contributed by atoms with E-state index in [2.05, 4.69) is 50.6 Å². The van der Waals surface area contributed by atoms with Crippen molar-refractivity contribution in [1.82, 2.24) is 9.55 Å². The first kappa shape index (κ1) is 11.5. The van der Waals surface area contributed by atoms with E-state index in [1.54, 1.807) is 0 Å². The minimum absolute atomic E-state index is 0.445. The minimum Gasteiger partial charge on any atom is -0.331 e. The summed E-state index contributed by atoms with van der Waals surface area (Å²) < 4.78 is 4.17. The van der Waals surface area contributed by atoms with Crippen LogP contribution in [0.4, 0.5) is 0 Å². The van der Waals surface area contributed by atoms with E-state index in [1.807, 2.05) is 0 Å². The number of imidazole rings is 1. The molecular formula is C13H15BrN2S. The van der Waals surface area contributed by atoms with Gasteiger partial charge in [0.15, 0.2) is 4.77 Å². The van der Waals surface area contributed by atoms with Gasteiger partial charge in [0.05, 0.1) is 11.0 Å². The molecule has 1 aromatic heterocycles. The van der Waals surface area contributed by atoms with Crippen molar-refractivity contribution in [2.45, 2.75) is 32.7 Å². The molecular weight excluding hydrogens is 296 g/mol. The van der Waals surface area contributed by atoms with Crippen LogP contribution in [-0.2, 0) is 6.54 Å². The Labute approximate surface area is 114 Å². The number of hydrogen-bond acceptors (Lipinski definition) is 1. The zero-order chi connectivity index (χ0) is 12.0. The van der Waals surface area contributed by atoms with E-state index in [4.69, 9.17) is 12.2 Å². The van der Waals surface area contributed by atoms with Crippen molar-refractivity contribution in [3.8, 4) is 0 Å². The van der Waals surface area contributed by atoms with Gasteiger partial charge in [-0.25, -0.2) is 0 Å². The van der Waals surface area contributed by atoms with Crippen LogP contribution in [0.1, 0.15) is 26.2 Å². The molecule has 0 bridgehead atoms. The van der Waals surface area contributed by atoms with Crippen LogP contribution in [-0.4, -0.2) is 9.55 Å². The normalized spacial score (nSPS) is 18.2. The zero-order valence-electron chi connectivity index (χ0n) is 9.79. The largest absolute Gasteiger partial charge is 0.331 e. The third kappa shape index (κ3) is 1.97. The van der Waals surface area contributed by atoms with Crippen LogP contribution >= 0.6 is 28.1 Å². The van der Waals surface area contributed by atoms with E-state index in [0.717, 1.165) is 21.3 Å². The molecule has 1 aromatic carbocycles. The van der Waals surface area contributed by atoms with E-state index < -0.39 is 0 Å². The fourth-order valence-electron chi connectivity index (χ4n) is 2.61. The summed E-state index contributed by atoms with van der Waals surface area (Å²) in [4.78, 5) is 3.29. The smallest absolute Gasteiger partial charge is 0.178 e. The number of halogens is 1. The molecule has 0 unspecified atom stereocenters. The van der Waals surface area contributed by atoms with Crippen molar-refractivity contribution >= 4 is 39.2 Å². The molecule has 0 atom stereocenters. The molecule has 0 radical (unpaired) electrons. The van der Waals surface area contributed by atoms with Gasteiger partial charge in [-0.05, 0) is 48.7 Å². The number of H-pyrrole nitrogens is 1. The molecule has 2 nitrogen and oxygen atoms in total. The number of aromatic amines is 1. The van der Waals surface area contributed by atoms with Crippen LogP contribution in [0.15, 0.2) is 22.7 Å². The Morgan fingerprint density at radius 3 is 2.88 bits per heavy atom. The van der Waals surface area contributed by atoms with Crippen molar-refractivity contribution < 1.29 is 0 Å². The molecule has 3 rings (SSSR count). The Morgan fingerprint density at radius 2 is 2.24 bits per heavy atom. The molecule has 1 aliphatic carbocycles. The van der Waals surface area contributed by atoms with Crippen molar-refractivity contribution in [2.24, 2.45) is 5.41 Å². The SMILES string of the molecule is CC1(Cn2c(=S)[nH]c3cc(Br)ccc32)CCC1. The second kappa shape index (κ2) is 3.95. The van der Waals surface area contributed by atoms with Crippen molar-refractivity contribution in [2.75, 3.05) is 0 Å². The summed E-state index contributed by atoms with van der Waals surface area (Å²) >= 11 is 8.92. The second-order valence-corrected chi connectivity index (χ2v) is 6.64. The van der Waals surface area contributed by atoms with E-state index in [1.165, 1.54) is 24.8 Å². The second-order valence-electron chi connectivity index (χ2n) is 5.34. The third-order valence-electron chi connectivity index (χ3n) is 3.84. The van der Waals surface area contributed by atoms with Crippen LogP contribution in [0.5, 0.6) is 0 Å². The van der Waals surface area contributed by atoms with Crippen LogP contribution < -0.4 is 0 Å². The van der Waals surface area contributed by atoms with Gasteiger partial charge < -0.3 is 9.55 Å². The lowest BCUT2D eigenvalue weighted by atomic mass is 9.70. The summed E-state index contributed by atoms with van der Waals surface area (Å²) in [6.07, 6.45) is 3.99. The number of benzene rings is 1. The van der Waals surface area contributed by atoms with Gasteiger partial charge in [-0.1, -0.05) is 29.3 Å². The van der Waals surface area contributed by atoms with Crippen LogP contribution in [0, 0.1) is 10.2 Å². The molecule has 1 heterocycles. The highest BCUT2D eigenvalue weighted by molar-refractivity contribution is 9.10. The quantitative estimate of drug-likeness (QED) is 0.801. The van der Waals surface area contributed by atoms with Crippen LogP contribution in [0.2, 0.25) is 0 Å². The van der Waals surface area contributed by atoms with Gasteiger partial charge >= 0.3 is 0 Å². The first-order valence-electron chi connectivity index (χ1n) is 5.96. The van der Waals surface area contributed by atoms with Gasteiger partial charge in [-0.15, -0.1) is 0 Å². The number of nitrogens with zero attached hydrogens (tertiary/aromatic N) is 1. The number of fused-ring (bicyclic) bond motifs is 1. The van der Waals surface area contributed by atoms with Gasteiger partial charge in [-0.3, -0.25) is 0 Å². The third-order valence-corrected chi connectivity index (χ3v) is 4.65. The predicted octanol–water partition coefficient (Wildman–Crippen LogP) is 4.65. The Hall–Kier alpha value is -0.610. The first-order chi connectivity index (χ1) is 8.07. The Morgan fingerprint density at radius 1 is 1.47 bits per heavy atom. The summed E-state index contributed by atoms with van der Waals surface area (Å²) in [7, 11) is 0. The van der Waals surface area contributed by atoms with Crippen molar-refractivity contribution in [1.29, 1.82) is 0 Å². The summed E-state index contributed by atoms with van der Waals surface area (Å²) in [5.74, 6) is 0. The fraction of sp³-hybridized carbons (Fsp3) is 0.462. The Kier molecular flexibility index (Phi) is 2.67. The molecule has 90 valence electrons.